The fourth-order valence-electron chi connectivity index (χ4n) is 3.53. The topological polar surface area (TPSA) is 83.1 Å². The van der Waals surface area contributed by atoms with Gasteiger partial charge in [0.1, 0.15) is 29.1 Å². The molecule has 1 N–H and O–H groups in total. The van der Waals surface area contributed by atoms with Crippen molar-refractivity contribution < 1.29 is 28.6 Å². The van der Waals surface area contributed by atoms with E-state index in [1.807, 2.05) is 55.5 Å². The van der Waals surface area contributed by atoms with Crippen molar-refractivity contribution in [2.75, 3.05) is 7.05 Å². The van der Waals surface area contributed by atoms with Crippen LogP contribution in [0.2, 0.25) is 0 Å². The number of benzene rings is 4. The van der Waals surface area contributed by atoms with Gasteiger partial charge in [-0.1, -0.05) is 24.3 Å². The number of carbonyl (C=O) groups is 2. The van der Waals surface area contributed by atoms with E-state index in [1.165, 1.54) is 6.92 Å². The van der Waals surface area contributed by atoms with Gasteiger partial charge in [0.2, 0.25) is 0 Å². The second-order valence-electron chi connectivity index (χ2n) is 7.81. The zero-order valence-corrected chi connectivity index (χ0v) is 19.6. The molecular formula is C28H25NO6. The minimum absolute atomic E-state index is 0.149. The van der Waals surface area contributed by atoms with Gasteiger partial charge in [-0.25, -0.2) is 4.79 Å². The molecule has 1 unspecified atom stereocenters. The average Bonchev–Trinajstić information content (AvgIpc) is 2.85. The second kappa shape index (κ2) is 10.7. The number of rotatable bonds is 8. The maximum atomic E-state index is 12.5. The highest BCUT2D eigenvalue weighted by Gasteiger charge is 2.11. The molecule has 0 amide bonds. The van der Waals surface area contributed by atoms with E-state index >= 15 is 0 Å². The van der Waals surface area contributed by atoms with Crippen LogP contribution in [-0.2, 0) is 4.79 Å². The number of ether oxygens (including phenoxy) is 3. The van der Waals surface area contributed by atoms with Gasteiger partial charge in [0.25, 0.3) is 0 Å². The molecule has 0 saturated carbocycles. The molecule has 0 bridgehead atoms. The molecular weight excluding hydrogens is 446 g/mol. The van der Waals surface area contributed by atoms with Crippen LogP contribution in [0.4, 0.5) is 0 Å². The Kier molecular flexibility index (Phi) is 7.28. The van der Waals surface area contributed by atoms with Gasteiger partial charge in [-0.2, -0.15) is 5.48 Å². The quantitative estimate of drug-likeness (QED) is 0.202. The number of hydroxylamine groups is 1. The summed E-state index contributed by atoms with van der Waals surface area (Å²) >= 11 is 0. The van der Waals surface area contributed by atoms with Crippen LogP contribution in [0.5, 0.6) is 23.0 Å². The van der Waals surface area contributed by atoms with E-state index in [0.717, 1.165) is 27.8 Å². The van der Waals surface area contributed by atoms with Crippen molar-refractivity contribution >= 4 is 22.7 Å². The van der Waals surface area contributed by atoms with Crippen LogP contribution < -0.4 is 24.5 Å². The lowest BCUT2D eigenvalue weighted by Crippen LogP contribution is -2.11. The lowest BCUT2D eigenvalue weighted by Gasteiger charge is -2.16. The number of esters is 2. The van der Waals surface area contributed by atoms with Crippen molar-refractivity contribution in [3.05, 3.63) is 96.1 Å². The second-order valence-corrected chi connectivity index (χ2v) is 7.81. The van der Waals surface area contributed by atoms with E-state index in [9.17, 15) is 9.59 Å². The molecule has 0 aromatic heterocycles. The van der Waals surface area contributed by atoms with E-state index in [0.29, 0.717) is 17.1 Å². The third-order valence-corrected chi connectivity index (χ3v) is 5.23. The van der Waals surface area contributed by atoms with Gasteiger partial charge in [-0.3, -0.25) is 4.79 Å². The molecule has 7 nitrogen and oxygen atoms in total. The predicted octanol–water partition coefficient (Wildman–Crippen LogP) is 5.64. The lowest BCUT2D eigenvalue weighted by molar-refractivity contribution is -0.131. The minimum atomic E-state index is -0.501. The number of carbonyl (C=O) groups excluding carboxylic acids is 2. The van der Waals surface area contributed by atoms with Crippen molar-refractivity contribution in [3.63, 3.8) is 0 Å². The molecule has 178 valence electrons. The summed E-state index contributed by atoms with van der Waals surface area (Å²) in [4.78, 5) is 28.8. The first-order valence-electron chi connectivity index (χ1n) is 11.1. The summed E-state index contributed by atoms with van der Waals surface area (Å²) in [6.45, 7) is 3.30. The summed E-state index contributed by atoms with van der Waals surface area (Å²) in [6.07, 6.45) is -0.149. The Balaban J connectivity index is 1.42. The van der Waals surface area contributed by atoms with Crippen molar-refractivity contribution in [2.45, 2.75) is 20.0 Å². The van der Waals surface area contributed by atoms with Crippen molar-refractivity contribution in [2.24, 2.45) is 0 Å². The van der Waals surface area contributed by atoms with E-state index in [-0.39, 0.29) is 6.10 Å². The first kappa shape index (κ1) is 23.8. The normalized spacial score (nSPS) is 11.5. The largest absolute Gasteiger partial charge is 0.486 e. The summed E-state index contributed by atoms with van der Waals surface area (Å²) in [5.41, 5.74) is 4.02. The van der Waals surface area contributed by atoms with Crippen molar-refractivity contribution in [1.82, 2.24) is 5.48 Å². The van der Waals surface area contributed by atoms with Crippen molar-refractivity contribution in [3.8, 4) is 23.0 Å². The molecule has 0 saturated heterocycles. The van der Waals surface area contributed by atoms with E-state index < -0.39 is 11.9 Å². The summed E-state index contributed by atoms with van der Waals surface area (Å²) in [5, 5.41) is 1.87. The third-order valence-electron chi connectivity index (χ3n) is 5.23. The summed E-state index contributed by atoms with van der Waals surface area (Å²) in [7, 11) is 1.71. The van der Waals surface area contributed by atoms with Crippen LogP contribution >= 0.6 is 0 Å². The van der Waals surface area contributed by atoms with Gasteiger partial charge in [-0.05, 0) is 83.9 Å². The first-order valence-corrected chi connectivity index (χ1v) is 11.1. The number of hydrogen-bond acceptors (Lipinski definition) is 7. The van der Waals surface area contributed by atoms with Crippen LogP contribution in [0.25, 0.3) is 10.8 Å². The Labute approximate surface area is 203 Å². The van der Waals surface area contributed by atoms with Crippen LogP contribution in [0, 0.1) is 0 Å². The Bertz CT molecular complexity index is 1330. The lowest BCUT2D eigenvalue weighted by atomic mass is 10.1. The monoisotopic (exact) mass is 471 g/mol. The fourth-order valence-corrected chi connectivity index (χ4v) is 3.53. The van der Waals surface area contributed by atoms with Gasteiger partial charge in [0, 0.05) is 14.0 Å². The molecule has 1 atom stereocenters. The molecule has 35 heavy (non-hydrogen) atoms. The van der Waals surface area contributed by atoms with Gasteiger partial charge < -0.3 is 19.0 Å². The Morgan fingerprint density at radius 3 is 1.91 bits per heavy atom. The highest BCUT2D eigenvalue weighted by atomic mass is 16.6. The summed E-state index contributed by atoms with van der Waals surface area (Å²) in [5.74, 6) is 1.33. The molecule has 4 aromatic carbocycles. The highest BCUT2D eigenvalue weighted by Crippen LogP contribution is 2.29. The van der Waals surface area contributed by atoms with Crippen LogP contribution in [0.3, 0.4) is 0 Å². The SMILES string of the molecule is CNOc1ccc(C(C)Oc2ccc3cc(OC(=O)c4ccc(OC(C)=O)cc4)ccc3c2)cc1. The van der Waals surface area contributed by atoms with Gasteiger partial charge in [-0.15, -0.1) is 0 Å². The molecule has 4 rings (SSSR count). The van der Waals surface area contributed by atoms with Gasteiger partial charge >= 0.3 is 11.9 Å². The number of hydrogen-bond donors (Lipinski definition) is 1. The maximum absolute atomic E-state index is 12.5. The molecule has 4 aromatic rings. The van der Waals surface area contributed by atoms with Crippen molar-refractivity contribution in [1.29, 1.82) is 0 Å². The average molecular weight is 472 g/mol. The molecule has 0 heterocycles. The molecule has 0 spiro atoms. The molecule has 0 aliphatic rings. The molecule has 0 aliphatic heterocycles. The van der Waals surface area contributed by atoms with E-state index in [2.05, 4.69) is 5.48 Å². The predicted molar refractivity (Wildman–Crippen MR) is 132 cm³/mol. The number of fused-ring (bicyclic) bond motifs is 1. The zero-order valence-electron chi connectivity index (χ0n) is 19.6. The Morgan fingerprint density at radius 1 is 0.714 bits per heavy atom. The third kappa shape index (κ3) is 6.16. The van der Waals surface area contributed by atoms with E-state index in [1.54, 1.807) is 43.4 Å². The molecule has 0 radical (unpaired) electrons. The number of nitrogens with one attached hydrogen (secondary N) is 1. The Hall–Kier alpha value is -4.36. The molecule has 0 aliphatic carbocycles. The smallest absolute Gasteiger partial charge is 0.343 e. The molecule has 0 fully saturated rings. The van der Waals surface area contributed by atoms with Crippen LogP contribution in [0.15, 0.2) is 84.9 Å². The standard InChI is InChI=1S/C28H25NO6/c1-18(20-4-12-25(13-5-20)35-29-3)32-26-14-8-23-17-27(15-9-22(23)16-26)34-28(31)21-6-10-24(11-7-21)33-19(2)30/h4-18,29H,1-3H3. The fraction of sp³-hybridized carbons (Fsp3) is 0.143. The zero-order chi connectivity index (χ0) is 24.8. The Morgan fingerprint density at radius 2 is 1.29 bits per heavy atom. The minimum Gasteiger partial charge on any atom is -0.486 e. The van der Waals surface area contributed by atoms with Crippen LogP contribution in [-0.4, -0.2) is 19.0 Å². The highest BCUT2D eigenvalue weighted by molar-refractivity contribution is 5.92. The maximum Gasteiger partial charge on any atom is 0.343 e. The first-order chi connectivity index (χ1) is 16.9. The van der Waals surface area contributed by atoms with Crippen LogP contribution in [0.1, 0.15) is 35.9 Å². The molecule has 7 heteroatoms. The van der Waals surface area contributed by atoms with Gasteiger partial charge in [0.05, 0.1) is 5.56 Å². The summed E-state index contributed by atoms with van der Waals surface area (Å²) < 4.78 is 16.6. The van der Waals surface area contributed by atoms with E-state index in [4.69, 9.17) is 19.0 Å². The van der Waals surface area contributed by atoms with Gasteiger partial charge in [0.15, 0.2) is 0 Å². The summed E-state index contributed by atoms with van der Waals surface area (Å²) in [6, 6.07) is 25.0.